The van der Waals surface area contributed by atoms with Gasteiger partial charge in [0.1, 0.15) is 17.8 Å². The Balaban J connectivity index is 4.89. The molecule has 0 heterocycles. The van der Waals surface area contributed by atoms with E-state index in [2.05, 4.69) is 53.4 Å². The van der Waals surface area contributed by atoms with Crippen LogP contribution in [-0.2, 0) is 28.6 Å². The zero-order valence-electron chi connectivity index (χ0n) is 23.7. The minimum absolute atomic E-state index is 0.0332. The monoisotopic (exact) mass is 483 g/mol. The van der Waals surface area contributed by atoms with Gasteiger partial charge in [-0.3, -0.25) is 9.59 Å². The van der Waals surface area contributed by atoms with E-state index in [9.17, 15) is 14.4 Å². The van der Waals surface area contributed by atoms with Gasteiger partial charge in [0.05, 0.1) is 18.6 Å². The predicted octanol–water partition coefficient (Wildman–Crippen LogP) is 5.22. The Labute approximate surface area is 207 Å². The van der Waals surface area contributed by atoms with E-state index in [-0.39, 0.29) is 42.5 Å². The summed E-state index contributed by atoms with van der Waals surface area (Å²) in [5.41, 5.74) is -2.51. The van der Waals surface area contributed by atoms with E-state index < -0.39 is 22.6 Å². The van der Waals surface area contributed by atoms with Gasteiger partial charge in [0.25, 0.3) is 5.91 Å². The molecule has 7 nitrogen and oxygen atoms in total. The summed E-state index contributed by atoms with van der Waals surface area (Å²) < 4.78 is 16.8. The summed E-state index contributed by atoms with van der Waals surface area (Å²) in [6.07, 6.45) is 1.13. The molecule has 0 aliphatic heterocycles. The van der Waals surface area contributed by atoms with Crippen LogP contribution < -0.4 is 5.32 Å². The van der Waals surface area contributed by atoms with Gasteiger partial charge in [-0.25, -0.2) is 4.79 Å². The van der Waals surface area contributed by atoms with Crippen molar-refractivity contribution in [3.05, 3.63) is 12.2 Å². The molecule has 0 aromatic rings. The molecule has 1 N–H and O–H groups in total. The third-order valence-corrected chi connectivity index (χ3v) is 6.04. The molecule has 198 valence electrons. The molecule has 0 aromatic carbocycles. The van der Waals surface area contributed by atoms with Crippen LogP contribution in [0.4, 0.5) is 0 Å². The number of hydrogen-bond acceptors (Lipinski definition) is 6. The molecule has 0 aliphatic carbocycles. The second-order valence-electron chi connectivity index (χ2n) is 12.7. The Morgan fingerprint density at radius 2 is 1.38 bits per heavy atom. The molecule has 7 heteroatoms. The molecule has 0 aromatic heterocycles. The van der Waals surface area contributed by atoms with Gasteiger partial charge in [-0.2, -0.15) is 0 Å². The van der Waals surface area contributed by atoms with E-state index in [1.54, 1.807) is 20.8 Å². The standard InChI is InChI=1S/C27H49NO6/c1-19(2)20(29)32-17-15-28-21(30)26(11,12)33-16-14-25(9,10)34-22(31)27(13,24(6,7)8)18-23(3,4)5/h1,14-18H2,2-13H3,(H,28,30). The van der Waals surface area contributed by atoms with E-state index >= 15 is 0 Å². The largest absolute Gasteiger partial charge is 0.460 e. The minimum Gasteiger partial charge on any atom is -0.460 e. The lowest BCUT2D eigenvalue weighted by atomic mass is 9.61. The lowest BCUT2D eigenvalue weighted by Crippen LogP contribution is -2.48. The topological polar surface area (TPSA) is 90.9 Å². The van der Waals surface area contributed by atoms with Crippen molar-refractivity contribution in [1.29, 1.82) is 0 Å². The van der Waals surface area contributed by atoms with Crippen molar-refractivity contribution in [3.63, 3.8) is 0 Å². The zero-order valence-corrected chi connectivity index (χ0v) is 23.7. The first-order valence-electron chi connectivity index (χ1n) is 12.0. The summed E-state index contributed by atoms with van der Waals surface area (Å²) in [4.78, 5) is 37.2. The molecular weight excluding hydrogens is 434 g/mol. The highest BCUT2D eigenvalue weighted by Crippen LogP contribution is 2.48. The molecule has 0 bridgehead atoms. The van der Waals surface area contributed by atoms with Crippen LogP contribution in [0.5, 0.6) is 0 Å². The molecule has 0 rings (SSSR count). The maximum atomic E-state index is 13.3. The first-order chi connectivity index (χ1) is 15.0. The maximum absolute atomic E-state index is 13.3. The van der Waals surface area contributed by atoms with E-state index in [1.165, 1.54) is 0 Å². The molecule has 34 heavy (non-hydrogen) atoms. The Morgan fingerprint density at radius 3 is 1.82 bits per heavy atom. The molecule has 0 spiro atoms. The molecule has 0 fully saturated rings. The van der Waals surface area contributed by atoms with Gasteiger partial charge in [-0.05, 0) is 58.8 Å². The highest BCUT2D eigenvalue weighted by Gasteiger charge is 2.49. The summed E-state index contributed by atoms with van der Waals surface area (Å²) in [6, 6.07) is 0. The van der Waals surface area contributed by atoms with E-state index in [1.807, 2.05) is 20.8 Å². The summed E-state index contributed by atoms with van der Waals surface area (Å²) >= 11 is 0. The second kappa shape index (κ2) is 11.7. The second-order valence-corrected chi connectivity index (χ2v) is 12.7. The quantitative estimate of drug-likeness (QED) is 0.233. The molecule has 0 saturated carbocycles. The summed E-state index contributed by atoms with van der Waals surface area (Å²) in [5.74, 6) is -1.04. The van der Waals surface area contributed by atoms with Crippen LogP contribution in [0.25, 0.3) is 0 Å². The van der Waals surface area contributed by atoms with Gasteiger partial charge in [0, 0.05) is 12.0 Å². The number of rotatable bonds is 12. The fourth-order valence-corrected chi connectivity index (χ4v) is 3.38. The number of ether oxygens (including phenoxy) is 3. The fourth-order valence-electron chi connectivity index (χ4n) is 3.38. The highest BCUT2D eigenvalue weighted by atomic mass is 16.6. The molecule has 1 amide bonds. The van der Waals surface area contributed by atoms with Gasteiger partial charge in [0.2, 0.25) is 0 Å². The predicted molar refractivity (Wildman–Crippen MR) is 135 cm³/mol. The Kier molecular flexibility index (Phi) is 11.0. The van der Waals surface area contributed by atoms with Gasteiger partial charge >= 0.3 is 11.9 Å². The van der Waals surface area contributed by atoms with Crippen LogP contribution in [0.3, 0.4) is 0 Å². The van der Waals surface area contributed by atoms with Crippen LogP contribution in [0, 0.1) is 16.2 Å². The lowest BCUT2D eigenvalue weighted by Gasteiger charge is -2.45. The van der Waals surface area contributed by atoms with Crippen LogP contribution >= 0.6 is 0 Å². The minimum atomic E-state index is -1.09. The average Bonchev–Trinajstić information content (AvgIpc) is 2.61. The van der Waals surface area contributed by atoms with Crippen molar-refractivity contribution in [2.75, 3.05) is 19.8 Å². The van der Waals surface area contributed by atoms with Crippen LogP contribution in [0.15, 0.2) is 12.2 Å². The van der Waals surface area contributed by atoms with Crippen molar-refractivity contribution in [2.24, 2.45) is 16.2 Å². The van der Waals surface area contributed by atoms with Crippen LogP contribution in [-0.4, -0.2) is 48.8 Å². The molecule has 1 atom stereocenters. The van der Waals surface area contributed by atoms with Gasteiger partial charge < -0.3 is 19.5 Å². The fraction of sp³-hybridized carbons (Fsp3) is 0.815. The Morgan fingerprint density at radius 1 is 0.853 bits per heavy atom. The van der Waals surface area contributed by atoms with Gasteiger partial charge in [-0.15, -0.1) is 0 Å². The number of amides is 1. The molecule has 0 aliphatic rings. The molecule has 0 radical (unpaired) electrons. The number of esters is 2. The van der Waals surface area contributed by atoms with Gasteiger partial charge in [0.15, 0.2) is 0 Å². The van der Waals surface area contributed by atoms with Crippen molar-refractivity contribution in [2.45, 2.75) is 107 Å². The smallest absolute Gasteiger partial charge is 0.333 e. The third-order valence-electron chi connectivity index (χ3n) is 6.04. The molecule has 1 unspecified atom stereocenters. The van der Waals surface area contributed by atoms with Crippen molar-refractivity contribution in [1.82, 2.24) is 5.32 Å². The number of hydrogen-bond donors (Lipinski definition) is 1. The lowest BCUT2D eigenvalue weighted by molar-refractivity contribution is -0.181. The first kappa shape index (κ1) is 32.1. The van der Waals surface area contributed by atoms with E-state index in [0.717, 1.165) is 0 Å². The normalized spacial score (nSPS) is 14.7. The Hall–Kier alpha value is -1.89. The molecule has 0 saturated heterocycles. The average molecular weight is 484 g/mol. The van der Waals surface area contributed by atoms with Crippen molar-refractivity contribution in [3.8, 4) is 0 Å². The summed E-state index contributed by atoms with van der Waals surface area (Å²) in [5, 5.41) is 2.70. The number of nitrogens with one attached hydrogen (secondary N) is 1. The maximum Gasteiger partial charge on any atom is 0.333 e. The summed E-state index contributed by atoms with van der Waals surface area (Å²) in [6.45, 7) is 27.1. The van der Waals surface area contributed by atoms with E-state index in [4.69, 9.17) is 14.2 Å². The summed E-state index contributed by atoms with van der Waals surface area (Å²) in [7, 11) is 0. The number of carbonyl (C=O) groups excluding carboxylic acids is 3. The SMILES string of the molecule is C=C(C)C(=O)OCCNC(=O)C(C)(C)OCCC(C)(C)OC(=O)C(C)(CC(C)(C)C)C(C)(C)C. The molecular formula is C27H49NO6. The zero-order chi connectivity index (χ0) is 27.2. The third kappa shape index (κ3) is 10.6. The van der Waals surface area contributed by atoms with Crippen molar-refractivity contribution >= 4 is 17.8 Å². The van der Waals surface area contributed by atoms with Gasteiger partial charge in [-0.1, -0.05) is 48.1 Å². The Bertz CT molecular complexity index is 739. The van der Waals surface area contributed by atoms with E-state index in [0.29, 0.717) is 18.4 Å². The first-order valence-corrected chi connectivity index (χ1v) is 12.0. The number of carbonyl (C=O) groups is 3. The van der Waals surface area contributed by atoms with Crippen LogP contribution in [0.2, 0.25) is 0 Å². The van der Waals surface area contributed by atoms with Crippen LogP contribution in [0.1, 0.15) is 95.9 Å². The highest BCUT2D eigenvalue weighted by molar-refractivity contribution is 5.87. The van der Waals surface area contributed by atoms with Crippen molar-refractivity contribution < 1.29 is 28.6 Å².